The Hall–Kier alpha value is -1.82. The first-order valence-electron chi connectivity index (χ1n) is 5.85. The highest BCUT2D eigenvalue weighted by molar-refractivity contribution is 5.94. The normalized spacial score (nSPS) is 24.0. The van der Waals surface area contributed by atoms with Crippen LogP contribution in [0, 0.1) is 0 Å². The minimum absolute atomic E-state index is 0.0465. The van der Waals surface area contributed by atoms with Gasteiger partial charge in [-0.3, -0.25) is 0 Å². The van der Waals surface area contributed by atoms with Gasteiger partial charge in [0.15, 0.2) is 0 Å². The summed E-state index contributed by atoms with van der Waals surface area (Å²) in [5.74, 6) is -0.526. The number of piperidine rings is 1. The van der Waals surface area contributed by atoms with Gasteiger partial charge < -0.3 is 20.8 Å². The Morgan fingerprint density at radius 1 is 1.61 bits per heavy atom. The highest BCUT2D eigenvalue weighted by atomic mass is 16.4. The van der Waals surface area contributed by atoms with Crippen molar-refractivity contribution in [1.82, 2.24) is 4.98 Å². The molecule has 0 spiro atoms. The molecule has 0 saturated carbocycles. The molecule has 1 saturated heterocycles. The first kappa shape index (κ1) is 12.6. The maximum atomic E-state index is 11.0. The van der Waals surface area contributed by atoms with E-state index in [1.807, 2.05) is 4.90 Å². The Labute approximate surface area is 105 Å². The van der Waals surface area contributed by atoms with Crippen molar-refractivity contribution in [3.63, 3.8) is 0 Å². The molecule has 1 aliphatic rings. The fourth-order valence-electron chi connectivity index (χ4n) is 2.23. The zero-order chi connectivity index (χ0) is 13.3. The molecule has 1 aliphatic heterocycles. The molecule has 0 radical (unpaired) electrons. The average molecular weight is 251 g/mol. The second-order valence-corrected chi connectivity index (χ2v) is 4.96. The fourth-order valence-corrected chi connectivity index (χ4v) is 2.23. The number of pyridine rings is 1. The third kappa shape index (κ3) is 2.53. The summed E-state index contributed by atoms with van der Waals surface area (Å²) in [6, 6.07) is 1.46. The van der Waals surface area contributed by atoms with Crippen molar-refractivity contribution in [1.29, 1.82) is 0 Å². The molecular weight excluding hydrogens is 234 g/mol. The minimum atomic E-state index is -1.07. The van der Waals surface area contributed by atoms with Gasteiger partial charge in [-0.15, -0.1) is 0 Å². The fraction of sp³-hybridized carbons (Fsp3) is 0.500. The summed E-state index contributed by atoms with van der Waals surface area (Å²) in [5, 5.41) is 19.0. The van der Waals surface area contributed by atoms with E-state index < -0.39 is 11.6 Å². The van der Waals surface area contributed by atoms with E-state index in [1.165, 1.54) is 12.3 Å². The number of nitrogens with zero attached hydrogens (tertiary/aromatic N) is 2. The number of aromatic nitrogens is 1. The topological polar surface area (TPSA) is 99.7 Å². The third-order valence-corrected chi connectivity index (χ3v) is 3.15. The van der Waals surface area contributed by atoms with Gasteiger partial charge in [-0.25, -0.2) is 9.78 Å². The van der Waals surface area contributed by atoms with Crippen molar-refractivity contribution in [2.24, 2.45) is 0 Å². The van der Waals surface area contributed by atoms with Gasteiger partial charge in [0.05, 0.1) is 23.0 Å². The summed E-state index contributed by atoms with van der Waals surface area (Å²) in [6.07, 6.45) is 2.94. The maximum Gasteiger partial charge on any atom is 0.337 e. The van der Waals surface area contributed by atoms with Gasteiger partial charge in [0.25, 0.3) is 0 Å². The molecule has 2 rings (SSSR count). The number of nitrogen functional groups attached to an aromatic ring is 1. The molecule has 2 heterocycles. The van der Waals surface area contributed by atoms with Crippen LogP contribution >= 0.6 is 0 Å². The molecule has 1 unspecified atom stereocenters. The largest absolute Gasteiger partial charge is 0.478 e. The van der Waals surface area contributed by atoms with Crippen LogP contribution in [0.5, 0.6) is 0 Å². The predicted octanol–water partition coefficient (Wildman–Crippen LogP) is 0.713. The van der Waals surface area contributed by atoms with E-state index in [1.54, 1.807) is 6.92 Å². The molecule has 6 nitrogen and oxygen atoms in total. The average Bonchev–Trinajstić information content (AvgIpc) is 2.27. The molecule has 6 heteroatoms. The minimum Gasteiger partial charge on any atom is -0.478 e. The lowest BCUT2D eigenvalue weighted by Gasteiger charge is -2.37. The second kappa shape index (κ2) is 4.45. The van der Waals surface area contributed by atoms with Crippen LogP contribution in [-0.2, 0) is 0 Å². The van der Waals surface area contributed by atoms with Crippen LogP contribution in [0.4, 0.5) is 11.5 Å². The first-order valence-corrected chi connectivity index (χ1v) is 5.85. The second-order valence-electron chi connectivity index (χ2n) is 4.96. The molecule has 0 bridgehead atoms. The number of rotatable bonds is 2. The Kier molecular flexibility index (Phi) is 3.13. The molecule has 4 N–H and O–H groups in total. The Morgan fingerprint density at radius 2 is 2.33 bits per heavy atom. The quantitative estimate of drug-likeness (QED) is 0.716. The third-order valence-electron chi connectivity index (χ3n) is 3.15. The van der Waals surface area contributed by atoms with Gasteiger partial charge in [0.2, 0.25) is 0 Å². The van der Waals surface area contributed by atoms with Crippen LogP contribution in [-0.4, -0.2) is 39.9 Å². The summed E-state index contributed by atoms with van der Waals surface area (Å²) in [7, 11) is 0. The lowest BCUT2D eigenvalue weighted by atomic mass is 9.95. The van der Waals surface area contributed by atoms with Gasteiger partial charge >= 0.3 is 5.97 Å². The lowest BCUT2D eigenvalue weighted by Crippen LogP contribution is -2.46. The highest BCUT2D eigenvalue weighted by Crippen LogP contribution is 2.26. The monoisotopic (exact) mass is 251 g/mol. The zero-order valence-corrected chi connectivity index (χ0v) is 10.3. The molecular formula is C12H17N3O3. The number of anilines is 2. The molecule has 0 amide bonds. The zero-order valence-electron chi connectivity index (χ0n) is 10.3. The van der Waals surface area contributed by atoms with Crippen LogP contribution in [0.15, 0.2) is 12.3 Å². The Balaban J connectivity index is 2.28. The summed E-state index contributed by atoms with van der Waals surface area (Å²) in [6.45, 7) is 2.98. The smallest absolute Gasteiger partial charge is 0.337 e. The molecule has 1 aromatic heterocycles. The van der Waals surface area contributed by atoms with Crippen molar-refractivity contribution in [3.8, 4) is 0 Å². The van der Waals surface area contributed by atoms with Crippen molar-refractivity contribution in [2.75, 3.05) is 23.7 Å². The SMILES string of the molecule is CC1(O)CCCN(c2cc(C(=O)O)c(N)cn2)C1. The number of carbonyl (C=O) groups is 1. The van der Waals surface area contributed by atoms with Gasteiger partial charge in [0, 0.05) is 13.1 Å². The van der Waals surface area contributed by atoms with E-state index in [9.17, 15) is 9.90 Å². The molecule has 1 fully saturated rings. The molecule has 18 heavy (non-hydrogen) atoms. The Bertz CT molecular complexity index is 474. The molecule has 0 aromatic carbocycles. The maximum absolute atomic E-state index is 11.0. The number of β-amino-alcohol motifs (C(OH)–C–C–N with tert-alkyl or cyclic N) is 1. The van der Waals surface area contributed by atoms with Gasteiger partial charge in [0.1, 0.15) is 5.82 Å². The Morgan fingerprint density at radius 3 is 2.94 bits per heavy atom. The van der Waals surface area contributed by atoms with E-state index in [4.69, 9.17) is 10.8 Å². The first-order chi connectivity index (χ1) is 8.39. The standard InChI is InChI=1S/C12H17N3O3/c1-12(18)3-2-4-15(7-12)10-5-8(11(16)17)9(13)6-14-10/h5-6,18H,2-4,7,13H2,1H3,(H,16,17). The van der Waals surface area contributed by atoms with Crippen molar-refractivity contribution in [2.45, 2.75) is 25.4 Å². The van der Waals surface area contributed by atoms with Gasteiger partial charge in [-0.05, 0) is 25.8 Å². The highest BCUT2D eigenvalue weighted by Gasteiger charge is 2.29. The van der Waals surface area contributed by atoms with E-state index in [0.29, 0.717) is 12.4 Å². The number of carboxylic acids is 1. The van der Waals surface area contributed by atoms with Crippen LogP contribution in [0.3, 0.4) is 0 Å². The number of nitrogens with two attached hydrogens (primary N) is 1. The number of hydrogen-bond donors (Lipinski definition) is 3. The van der Waals surface area contributed by atoms with Crippen LogP contribution < -0.4 is 10.6 Å². The summed E-state index contributed by atoms with van der Waals surface area (Å²) >= 11 is 0. The van der Waals surface area contributed by atoms with E-state index in [2.05, 4.69) is 4.98 Å². The molecule has 1 aromatic rings. The predicted molar refractivity (Wildman–Crippen MR) is 67.7 cm³/mol. The van der Waals surface area contributed by atoms with Crippen molar-refractivity contribution < 1.29 is 15.0 Å². The van der Waals surface area contributed by atoms with E-state index in [0.717, 1.165) is 19.4 Å². The number of aromatic carboxylic acids is 1. The van der Waals surface area contributed by atoms with Gasteiger partial charge in [-0.1, -0.05) is 0 Å². The van der Waals surface area contributed by atoms with Crippen molar-refractivity contribution in [3.05, 3.63) is 17.8 Å². The van der Waals surface area contributed by atoms with Gasteiger partial charge in [-0.2, -0.15) is 0 Å². The number of hydrogen-bond acceptors (Lipinski definition) is 5. The summed E-state index contributed by atoms with van der Waals surface area (Å²) in [4.78, 5) is 17.0. The van der Waals surface area contributed by atoms with Crippen LogP contribution in [0.25, 0.3) is 0 Å². The summed E-state index contributed by atoms with van der Waals surface area (Å²) < 4.78 is 0. The van der Waals surface area contributed by atoms with E-state index in [-0.39, 0.29) is 11.3 Å². The van der Waals surface area contributed by atoms with E-state index >= 15 is 0 Å². The molecule has 1 atom stereocenters. The van der Waals surface area contributed by atoms with Crippen LogP contribution in [0.1, 0.15) is 30.1 Å². The molecule has 98 valence electrons. The lowest BCUT2D eigenvalue weighted by molar-refractivity contribution is 0.0447. The summed E-state index contributed by atoms with van der Waals surface area (Å²) in [5.41, 5.74) is 5.00. The number of carboxylic acid groups (broad SMARTS) is 1. The molecule has 0 aliphatic carbocycles. The van der Waals surface area contributed by atoms with Crippen molar-refractivity contribution >= 4 is 17.5 Å². The number of aliphatic hydroxyl groups is 1. The van der Waals surface area contributed by atoms with Crippen LogP contribution in [0.2, 0.25) is 0 Å².